The van der Waals surface area contributed by atoms with E-state index in [0.717, 1.165) is 36.5 Å². The molecule has 1 aromatic rings. The molecule has 1 aromatic heterocycles. The zero-order valence-corrected chi connectivity index (χ0v) is 11.4. The van der Waals surface area contributed by atoms with Gasteiger partial charge in [-0.25, -0.2) is 0 Å². The predicted molar refractivity (Wildman–Crippen MR) is 70.1 cm³/mol. The normalized spacial score (nSPS) is 19.2. The lowest BCUT2D eigenvalue weighted by atomic mass is 10.0. The third kappa shape index (κ3) is 2.90. The molecule has 1 aliphatic rings. The van der Waals surface area contributed by atoms with Gasteiger partial charge >= 0.3 is 0 Å². The van der Waals surface area contributed by atoms with Crippen molar-refractivity contribution in [2.45, 2.75) is 33.2 Å². The summed E-state index contributed by atoms with van der Waals surface area (Å²) in [5.74, 6) is 0.646. The van der Waals surface area contributed by atoms with E-state index in [1.54, 1.807) is 0 Å². The van der Waals surface area contributed by atoms with Crippen molar-refractivity contribution in [1.82, 2.24) is 20.4 Å². The Morgan fingerprint density at radius 3 is 2.89 bits per heavy atom. The molecule has 0 spiro atoms. The molecule has 100 valence electrons. The van der Waals surface area contributed by atoms with Gasteiger partial charge in [-0.1, -0.05) is 0 Å². The minimum atomic E-state index is 0.145. The monoisotopic (exact) mass is 250 g/mol. The lowest BCUT2D eigenvalue weighted by molar-refractivity contribution is -0.122. The van der Waals surface area contributed by atoms with Crippen molar-refractivity contribution in [2.75, 3.05) is 13.1 Å². The molecule has 1 saturated heterocycles. The molecule has 2 rings (SSSR count). The molecule has 2 N–H and O–H groups in total. The van der Waals surface area contributed by atoms with Crippen molar-refractivity contribution in [2.24, 2.45) is 13.0 Å². The van der Waals surface area contributed by atoms with E-state index in [-0.39, 0.29) is 5.91 Å². The lowest BCUT2D eigenvalue weighted by Gasteiger charge is -2.09. The Labute approximate surface area is 108 Å². The van der Waals surface area contributed by atoms with Crippen LogP contribution in [0.25, 0.3) is 0 Å². The van der Waals surface area contributed by atoms with Crippen molar-refractivity contribution < 1.29 is 4.79 Å². The summed E-state index contributed by atoms with van der Waals surface area (Å²) in [5.41, 5.74) is 3.25. The summed E-state index contributed by atoms with van der Waals surface area (Å²) in [5, 5.41) is 10.6. The summed E-state index contributed by atoms with van der Waals surface area (Å²) in [7, 11) is 1.93. The van der Waals surface area contributed by atoms with Gasteiger partial charge in [0, 0.05) is 31.3 Å². The van der Waals surface area contributed by atoms with E-state index in [0.29, 0.717) is 18.9 Å². The fraction of sp³-hybridized carbons (Fsp3) is 0.692. The quantitative estimate of drug-likeness (QED) is 0.825. The number of hydrogen-bond acceptors (Lipinski definition) is 3. The first-order chi connectivity index (χ1) is 8.58. The minimum absolute atomic E-state index is 0.145. The van der Waals surface area contributed by atoms with E-state index in [1.807, 2.05) is 25.6 Å². The molecule has 1 amide bonds. The Kier molecular flexibility index (Phi) is 4.01. The van der Waals surface area contributed by atoms with Crippen LogP contribution < -0.4 is 10.6 Å². The van der Waals surface area contributed by atoms with Crippen LogP contribution in [-0.4, -0.2) is 28.8 Å². The molecular formula is C13H22N4O. The Morgan fingerprint density at radius 1 is 1.56 bits per heavy atom. The number of aryl methyl sites for hydroxylation is 2. The van der Waals surface area contributed by atoms with Crippen molar-refractivity contribution >= 4 is 5.91 Å². The summed E-state index contributed by atoms with van der Waals surface area (Å²) in [6.45, 7) is 6.61. The minimum Gasteiger partial charge on any atom is -0.352 e. The van der Waals surface area contributed by atoms with Gasteiger partial charge in [0.1, 0.15) is 0 Å². The van der Waals surface area contributed by atoms with E-state index >= 15 is 0 Å². The fourth-order valence-corrected chi connectivity index (χ4v) is 2.48. The first-order valence-electron chi connectivity index (χ1n) is 6.54. The molecule has 0 radical (unpaired) electrons. The van der Waals surface area contributed by atoms with Crippen LogP contribution >= 0.6 is 0 Å². The highest BCUT2D eigenvalue weighted by molar-refractivity contribution is 5.76. The molecule has 18 heavy (non-hydrogen) atoms. The van der Waals surface area contributed by atoms with Crippen LogP contribution in [0.5, 0.6) is 0 Å². The molecular weight excluding hydrogens is 228 g/mol. The van der Waals surface area contributed by atoms with Gasteiger partial charge in [0.2, 0.25) is 5.91 Å². The Bertz CT molecular complexity index is 432. The third-order valence-electron chi connectivity index (χ3n) is 3.76. The number of carbonyl (C=O) groups is 1. The van der Waals surface area contributed by atoms with Gasteiger partial charge in [0.05, 0.1) is 5.69 Å². The molecule has 1 fully saturated rings. The van der Waals surface area contributed by atoms with Gasteiger partial charge in [0.15, 0.2) is 0 Å². The van der Waals surface area contributed by atoms with E-state index in [4.69, 9.17) is 0 Å². The highest BCUT2D eigenvalue weighted by Gasteiger charge is 2.18. The zero-order valence-electron chi connectivity index (χ0n) is 11.4. The number of nitrogens with one attached hydrogen (secondary N) is 2. The van der Waals surface area contributed by atoms with Crippen LogP contribution in [0.3, 0.4) is 0 Å². The maximum atomic E-state index is 11.8. The number of aromatic nitrogens is 2. The Hall–Kier alpha value is -1.36. The molecule has 2 heterocycles. The molecule has 0 aliphatic carbocycles. The number of nitrogens with zero attached hydrogens (tertiary/aromatic N) is 2. The number of hydrogen-bond donors (Lipinski definition) is 2. The SMILES string of the molecule is Cc1nn(C)c(C)c1CNC(=O)CC1CCNC1. The highest BCUT2D eigenvalue weighted by Crippen LogP contribution is 2.13. The predicted octanol–water partition coefficient (Wildman–Crippen LogP) is 0.653. The topological polar surface area (TPSA) is 59.0 Å². The van der Waals surface area contributed by atoms with Gasteiger partial charge in [0.25, 0.3) is 0 Å². The second kappa shape index (κ2) is 5.52. The second-order valence-electron chi connectivity index (χ2n) is 5.11. The maximum Gasteiger partial charge on any atom is 0.220 e. The van der Waals surface area contributed by atoms with E-state index in [9.17, 15) is 4.79 Å². The fourth-order valence-electron chi connectivity index (χ4n) is 2.48. The van der Waals surface area contributed by atoms with Crippen molar-refractivity contribution in [3.8, 4) is 0 Å². The molecule has 0 bridgehead atoms. The summed E-state index contributed by atoms with van der Waals surface area (Å²) in [6.07, 6.45) is 1.74. The van der Waals surface area contributed by atoms with Crippen LogP contribution in [-0.2, 0) is 18.4 Å². The number of amides is 1. The van der Waals surface area contributed by atoms with Gasteiger partial charge < -0.3 is 10.6 Å². The van der Waals surface area contributed by atoms with Crippen LogP contribution in [0.4, 0.5) is 0 Å². The molecule has 0 aromatic carbocycles. The highest BCUT2D eigenvalue weighted by atomic mass is 16.1. The smallest absolute Gasteiger partial charge is 0.220 e. The van der Waals surface area contributed by atoms with Crippen LogP contribution in [0, 0.1) is 19.8 Å². The van der Waals surface area contributed by atoms with Crippen molar-refractivity contribution in [1.29, 1.82) is 0 Å². The van der Waals surface area contributed by atoms with Gasteiger partial charge in [-0.15, -0.1) is 0 Å². The van der Waals surface area contributed by atoms with E-state index in [2.05, 4.69) is 15.7 Å². The van der Waals surface area contributed by atoms with Gasteiger partial charge in [-0.05, 0) is 39.3 Å². The van der Waals surface area contributed by atoms with Gasteiger partial charge in [-0.2, -0.15) is 5.10 Å². The lowest BCUT2D eigenvalue weighted by Crippen LogP contribution is -2.26. The molecule has 5 nitrogen and oxygen atoms in total. The summed E-state index contributed by atoms with van der Waals surface area (Å²) in [6, 6.07) is 0. The van der Waals surface area contributed by atoms with Gasteiger partial charge in [-0.3, -0.25) is 9.48 Å². The first-order valence-corrected chi connectivity index (χ1v) is 6.54. The second-order valence-corrected chi connectivity index (χ2v) is 5.11. The molecule has 1 atom stereocenters. The zero-order chi connectivity index (χ0) is 13.1. The summed E-state index contributed by atoms with van der Waals surface area (Å²) in [4.78, 5) is 11.8. The largest absolute Gasteiger partial charge is 0.352 e. The number of carbonyl (C=O) groups excluding carboxylic acids is 1. The van der Waals surface area contributed by atoms with Crippen molar-refractivity contribution in [3.63, 3.8) is 0 Å². The van der Waals surface area contributed by atoms with Crippen LogP contribution in [0.15, 0.2) is 0 Å². The Morgan fingerprint density at radius 2 is 2.33 bits per heavy atom. The summed E-state index contributed by atoms with van der Waals surface area (Å²) >= 11 is 0. The summed E-state index contributed by atoms with van der Waals surface area (Å²) < 4.78 is 1.86. The average molecular weight is 250 g/mol. The molecule has 1 aliphatic heterocycles. The van der Waals surface area contributed by atoms with E-state index in [1.165, 1.54) is 0 Å². The van der Waals surface area contributed by atoms with Crippen LogP contribution in [0.2, 0.25) is 0 Å². The molecule has 1 unspecified atom stereocenters. The molecule has 0 saturated carbocycles. The van der Waals surface area contributed by atoms with Crippen molar-refractivity contribution in [3.05, 3.63) is 17.0 Å². The Balaban J connectivity index is 1.85. The third-order valence-corrected chi connectivity index (χ3v) is 3.76. The maximum absolute atomic E-state index is 11.8. The standard InChI is InChI=1S/C13H22N4O/c1-9-12(10(2)17(3)16-9)8-15-13(18)6-11-4-5-14-7-11/h11,14H,4-8H2,1-3H3,(H,15,18). The first kappa shape index (κ1) is 13.1. The molecule has 5 heteroatoms. The van der Waals surface area contributed by atoms with Crippen LogP contribution in [0.1, 0.15) is 29.8 Å². The van der Waals surface area contributed by atoms with E-state index < -0.39 is 0 Å². The average Bonchev–Trinajstić information content (AvgIpc) is 2.88. The number of rotatable bonds is 4.